The number of nitrogens with one attached hydrogen (secondary N) is 1. The molecule has 0 fully saturated rings. The fourth-order valence-corrected chi connectivity index (χ4v) is 3.82. The van der Waals surface area contributed by atoms with E-state index in [9.17, 15) is 5.11 Å². The van der Waals surface area contributed by atoms with Crippen LogP contribution in [0.5, 0.6) is 0 Å². The third-order valence-corrected chi connectivity index (χ3v) is 4.87. The molecule has 2 atom stereocenters. The zero-order chi connectivity index (χ0) is 13.8. The largest absolute Gasteiger partial charge is 0.394 e. The summed E-state index contributed by atoms with van der Waals surface area (Å²) in [5.41, 5.74) is 2.50. The number of benzene rings is 2. The molecule has 3 heteroatoms. The van der Waals surface area contributed by atoms with Crippen LogP contribution in [0.25, 0.3) is 0 Å². The highest BCUT2D eigenvalue weighted by atomic mass is 32.2. The van der Waals surface area contributed by atoms with E-state index in [0.717, 1.165) is 17.7 Å². The number of fused-ring (bicyclic) bond motifs is 1. The van der Waals surface area contributed by atoms with E-state index in [1.54, 1.807) is 0 Å². The molecule has 0 saturated heterocycles. The summed E-state index contributed by atoms with van der Waals surface area (Å²) in [6, 6.07) is 19.1. The van der Waals surface area contributed by atoms with Gasteiger partial charge in [-0.1, -0.05) is 48.5 Å². The fraction of sp³-hybridized carbons (Fsp3) is 0.294. The topological polar surface area (TPSA) is 32.3 Å². The van der Waals surface area contributed by atoms with Crippen molar-refractivity contribution in [3.8, 4) is 0 Å². The van der Waals surface area contributed by atoms with Crippen molar-refractivity contribution in [2.75, 3.05) is 12.4 Å². The Labute approximate surface area is 124 Å². The average molecular weight is 285 g/mol. The number of hydrogen-bond donors (Lipinski definition) is 2. The summed E-state index contributed by atoms with van der Waals surface area (Å²) in [6.07, 6.45) is 1.10. The summed E-state index contributed by atoms with van der Waals surface area (Å²) in [5.74, 6) is 1.13. The quantitative estimate of drug-likeness (QED) is 0.901. The zero-order valence-electron chi connectivity index (χ0n) is 11.3. The van der Waals surface area contributed by atoms with Crippen LogP contribution in [-0.2, 0) is 0 Å². The predicted octanol–water partition coefficient (Wildman–Crippen LogP) is 3.55. The van der Waals surface area contributed by atoms with Crippen molar-refractivity contribution in [2.24, 2.45) is 0 Å². The van der Waals surface area contributed by atoms with Gasteiger partial charge in [0.2, 0.25) is 0 Å². The van der Waals surface area contributed by atoms with E-state index in [4.69, 9.17) is 0 Å². The van der Waals surface area contributed by atoms with Crippen molar-refractivity contribution in [3.63, 3.8) is 0 Å². The molecule has 1 unspecified atom stereocenters. The minimum Gasteiger partial charge on any atom is -0.394 e. The molecule has 20 heavy (non-hydrogen) atoms. The van der Waals surface area contributed by atoms with Crippen LogP contribution in [0.3, 0.4) is 0 Å². The van der Waals surface area contributed by atoms with E-state index in [1.165, 1.54) is 10.5 Å². The van der Waals surface area contributed by atoms with Crippen molar-refractivity contribution in [1.82, 2.24) is 5.32 Å². The van der Waals surface area contributed by atoms with Gasteiger partial charge >= 0.3 is 0 Å². The Morgan fingerprint density at radius 3 is 2.65 bits per heavy atom. The summed E-state index contributed by atoms with van der Waals surface area (Å²) >= 11 is 1.92. The van der Waals surface area contributed by atoms with Crippen molar-refractivity contribution in [3.05, 3.63) is 65.7 Å². The van der Waals surface area contributed by atoms with E-state index < -0.39 is 0 Å². The van der Waals surface area contributed by atoms with Crippen LogP contribution >= 0.6 is 11.8 Å². The second kappa shape index (κ2) is 6.44. The van der Waals surface area contributed by atoms with Crippen molar-refractivity contribution >= 4 is 11.8 Å². The number of thioether (sulfide) groups is 1. The Kier molecular flexibility index (Phi) is 4.41. The zero-order valence-corrected chi connectivity index (χ0v) is 12.1. The van der Waals surface area contributed by atoms with Crippen LogP contribution in [0.15, 0.2) is 59.5 Å². The van der Waals surface area contributed by atoms with Crippen LogP contribution in [-0.4, -0.2) is 17.5 Å². The normalized spacial score (nSPS) is 19.4. The molecular weight excluding hydrogens is 266 g/mol. The van der Waals surface area contributed by atoms with Crippen LogP contribution in [0.2, 0.25) is 0 Å². The molecule has 0 aromatic heterocycles. The lowest BCUT2D eigenvalue weighted by Crippen LogP contribution is -2.30. The molecule has 2 aromatic rings. The van der Waals surface area contributed by atoms with Crippen LogP contribution in [0.4, 0.5) is 0 Å². The molecule has 0 spiro atoms. The maximum atomic E-state index is 9.69. The summed E-state index contributed by atoms with van der Waals surface area (Å²) in [7, 11) is 0. The molecule has 2 N–H and O–H groups in total. The molecule has 2 aromatic carbocycles. The van der Waals surface area contributed by atoms with Crippen molar-refractivity contribution < 1.29 is 5.11 Å². The maximum absolute atomic E-state index is 9.69. The van der Waals surface area contributed by atoms with Gasteiger partial charge in [-0.2, -0.15) is 0 Å². The summed E-state index contributed by atoms with van der Waals surface area (Å²) in [4.78, 5) is 1.36. The molecule has 1 aliphatic heterocycles. The van der Waals surface area contributed by atoms with E-state index in [2.05, 4.69) is 41.7 Å². The Hall–Kier alpha value is -1.29. The lowest BCUT2D eigenvalue weighted by molar-refractivity contribution is 0.231. The first-order chi connectivity index (χ1) is 9.88. The smallest absolute Gasteiger partial charge is 0.0626 e. The third kappa shape index (κ3) is 2.90. The molecular formula is C17H19NOS. The third-order valence-electron chi connectivity index (χ3n) is 3.75. The monoisotopic (exact) mass is 285 g/mol. The van der Waals surface area contributed by atoms with Gasteiger partial charge in [0, 0.05) is 10.9 Å². The van der Waals surface area contributed by atoms with Gasteiger partial charge < -0.3 is 10.4 Å². The van der Waals surface area contributed by atoms with Crippen LogP contribution < -0.4 is 5.32 Å². The average Bonchev–Trinajstić information content (AvgIpc) is 2.53. The number of rotatable bonds is 4. The Balaban J connectivity index is 1.81. The fourth-order valence-electron chi connectivity index (χ4n) is 2.70. The Morgan fingerprint density at radius 1 is 1.10 bits per heavy atom. The van der Waals surface area contributed by atoms with Crippen molar-refractivity contribution in [2.45, 2.75) is 23.4 Å². The molecule has 0 saturated carbocycles. The lowest BCUT2D eigenvalue weighted by Gasteiger charge is -2.29. The van der Waals surface area contributed by atoms with Crippen molar-refractivity contribution in [1.29, 1.82) is 0 Å². The molecule has 3 rings (SSSR count). The Morgan fingerprint density at radius 2 is 1.85 bits per heavy atom. The maximum Gasteiger partial charge on any atom is 0.0626 e. The number of aliphatic hydroxyl groups excluding tert-OH is 1. The minimum absolute atomic E-state index is 0.00245. The minimum atomic E-state index is -0.00245. The highest BCUT2D eigenvalue weighted by Gasteiger charge is 2.23. The van der Waals surface area contributed by atoms with Gasteiger partial charge in [-0.05, 0) is 29.4 Å². The van der Waals surface area contributed by atoms with Gasteiger partial charge in [-0.15, -0.1) is 11.8 Å². The molecule has 2 nitrogen and oxygen atoms in total. The molecule has 1 heterocycles. The molecule has 0 radical (unpaired) electrons. The SMILES string of the molecule is OC[C@@H](NC1CCSc2ccccc21)c1ccccc1. The predicted molar refractivity (Wildman–Crippen MR) is 83.9 cm³/mol. The molecule has 0 amide bonds. The van der Waals surface area contributed by atoms with Crippen LogP contribution in [0, 0.1) is 0 Å². The first-order valence-electron chi connectivity index (χ1n) is 7.02. The second-order valence-electron chi connectivity index (χ2n) is 5.04. The first kappa shape index (κ1) is 13.7. The van der Waals surface area contributed by atoms with Gasteiger partial charge in [0.25, 0.3) is 0 Å². The standard InChI is InChI=1S/C17H19NOS/c19-12-16(13-6-2-1-3-7-13)18-15-10-11-20-17-9-5-4-8-14(15)17/h1-9,15-16,18-19H,10-12H2/t15?,16-/m1/s1. The highest BCUT2D eigenvalue weighted by Crippen LogP contribution is 2.36. The molecule has 1 aliphatic rings. The highest BCUT2D eigenvalue weighted by molar-refractivity contribution is 7.99. The second-order valence-corrected chi connectivity index (χ2v) is 6.18. The molecule has 104 valence electrons. The van der Waals surface area contributed by atoms with Gasteiger partial charge in [0.05, 0.1) is 12.6 Å². The molecule has 0 bridgehead atoms. The number of hydrogen-bond acceptors (Lipinski definition) is 3. The Bertz CT molecular complexity index is 558. The van der Waals surface area contributed by atoms with Gasteiger partial charge in [-0.25, -0.2) is 0 Å². The van der Waals surface area contributed by atoms with E-state index in [1.807, 2.05) is 30.0 Å². The van der Waals surface area contributed by atoms with E-state index in [-0.39, 0.29) is 12.6 Å². The van der Waals surface area contributed by atoms with Gasteiger partial charge in [0.1, 0.15) is 0 Å². The van der Waals surface area contributed by atoms with E-state index >= 15 is 0 Å². The summed E-state index contributed by atoms with van der Waals surface area (Å²) in [5, 5.41) is 13.3. The van der Waals surface area contributed by atoms with Gasteiger partial charge in [-0.3, -0.25) is 0 Å². The van der Waals surface area contributed by atoms with Crippen LogP contribution in [0.1, 0.15) is 29.6 Å². The lowest BCUT2D eigenvalue weighted by atomic mass is 10.0. The first-order valence-corrected chi connectivity index (χ1v) is 8.00. The van der Waals surface area contributed by atoms with E-state index in [0.29, 0.717) is 6.04 Å². The molecule has 0 aliphatic carbocycles. The summed E-state index contributed by atoms with van der Waals surface area (Å²) < 4.78 is 0. The van der Waals surface area contributed by atoms with Gasteiger partial charge in [0.15, 0.2) is 0 Å². The summed E-state index contributed by atoms with van der Waals surface area (Å²) in [6.45, 7) is 0.121. The number of aliphatic hydroxyl groups is 1.